The molecule has 1 saturated heterocycles. The van der Waals surface area contributed by atoms with E-state index in [1.54, 1.807) is 12.0 Å². The Bertz CT molecular complexity index is 1400. The Hall–Kier alpha value is -3.84. The van der Waals surface area contributed by atoms with Gasteiger partial charge in [-0.3, -0.25) is 4.79 Å². The highest BCUT2D eigenvalue weighted by Gasteiger charge is 2.36. The van der Waals surface area contributed by atoms with E-state index in [1.165, 1.54) is 5.56 Å². The van der Waals surface area contributed by atoms with E-state index >= 15 is 0 Å². The highest BCUT2D eigenvalue weighted by molar-refractivity contribution is 5.97. The summed E-state index contributed by atoms with van der Waals surface area (Å²) < 4.78 is 13.4. The molecule has 1 aliphatic heterocycles. The Morgan fingerprint density at radius 1 is 1.06 bits per heavy atom. The monoisotopic (exact) mass is 485 g/mol. The lowest BCUT2D eigenvalue weighted by molar-refractivity contribution is -0.117. The number of carbonyl (C=O) groups excluding carboxylic acids is 1. The summed E-state index contributed by atoms with van der Waals surface area (Å²) in [6.07, 6.45) is -0.401. The van der Waals surface area contributed by atoms with Crippen molar-refractivity contribution < 1.29 is 19.4 Å². The highest BCUT2D eigenvalue weighted by Crippen LogP contribution is 2.37. The average Bonchev–Trinajstić information content (AvgIpc) is 3.45. The zero-order chi connectivity index (χ0) is 25.2. The molecule has 1 N–H and O–H groups in total. The number of hydrogen-bond acceptors (Lipinski definition) is 5. The van der Waals surface area contributed by atoms with E-state index in [0.29, 0.717) is 25.3 Å². The van der Waals surface area contributed by atoms with Gasteiger partial charge in [-0.1, -0.05) is 30.3 Å². The first kappa shape index (κ1) is 23.9. The van der Waals surface area contributed by atoms with Crippen LogP contribution in [-0.4, -0.2) is 46.9 Å². The van der Waals surface area contributed by atoms with Crippen molar-refractivity contribution in [2.75, 3.05) is 25.2 Å². The molecule has 7 nitrogen and oxygen atoms in total. The topological polar surface area (TPSA) is 76.8 Å². The smallest absolute Gasteiger partial charge is 0.227 e. The molecule has 4 aromatic rings. The van der Waals surface area contributed by atoms with Crippen molar-refractivity contribution in [2.45, 2.75) is 38.8 Å². The molecule has 1 fully saturated rings. The summed E-state index contributed by atoms with van der Waals surface area (Å²) in [5.41, 5.74) is 4.89. The predicted octanol–water partition coefficient (Wildman–Crippen LogP) is 4.62. The largest absolute Gasteiger partial charge is 0.495 e. The SMILES string of the molecule is COc1ccccc1N1C[C@@H](c2nc3ccccc3n2C[C@@H](O)COc2ccc(C)c(C)c2)CC1=O. The first-order chi connectivity index (χ1) is 17.4. The van der Waals surface area contributed by atoms with Crippen LogP contribution < -0.4 is 14.4 Å². The number of benzene rings is 3. The lowest BCUT2D eigenvalue weighted by Crippen LogP contribution is -2.26. The number of methoxy groups -OCH3 is 1. The number of carbonyl (C=O) groups is 1. The molecule has 0 saturated carbocycles. The van der Waals surface area contributed by atoms with Gasteiger partial charge in [0.25, 0.3) is 0 Å². The van der Waals surface area contributed by atoms with Gasteiger partial charge in [0.15, 0.2) is 0 Å². The summed E-state index contributed by atoms with van der Waals surface area (Å²) in [7, 11) is 1.61. The minimum Gasteiger partial charge on any atom is -0.495 e. The van der Waals surface area contributed by atoms with Crippen molar-refractivity contribution in [1.29, 1.82) is 0 Å². The summed E-state index contributed by atoms with van der Waals surface area (Å²) >= 11 is 0. The number of hydrogen-bond donors (Lipinski definition) is 1. The van der Waals surface area contributed by atoms with Crippen LogP contribution in [0.25, 0.3) is 11.0 Å². The number of para-hydroxylation sites is 4. The van der Waals surface area contributed by atoms with E-state index in [9.17, 15) is 9.90 Å². The molecule has 0 bridgehead atoms. The second-order valence-corrected chi connectivity index (χ2v) is 9.36. The van der Waals surface area contributed by atoms with Gasteiger partial charge in [0.2, 0.25) is 5.91 Å². The van der Waals surface area contributed by atoms with Crippen LogP contribution in [0.5, 0.6) is 11.5 Å². The number of aryl methyl sites for hydroxylation is 2. The number of ether oxygens (including phenoxy) is 2. The van der Waals surface area contributed by atoms with Crippen molar-refractivity contribution in [2.24, 2.45) is 0 Å². The highest BCUT2D eigenvalue weighted by atomic mass is 16.5. The minimum absolute atomic E-state index is 0.0294. The van der Waals surface area contributed by atoms with Gasteiger partial charge >= 0.3 is 0 Å². The lowest BCUT2D eigenvalue weighted by atomic mass is 10.1. The minimum atomic E-state index is -0.745. The Morgan fingerprint density at radius 2 is 1.83 bits per heavy atom. The molecule has 36 heavy (non-hydrogen) atoms. The van der Waals surface area contributed by atoms with E-state index in [0.717, 1.165) is 33.9 Å². The number of aliphatic hydroxyl groups is 1. The molecule has 186 valence electrons. The normalized spacial score (nSPS) is 16.5. The third-order valence-corrected chi connectivity index (χ3v) is 6.86. The van der Waals surface area contributed by atoms with Crippen molar-refractivity contribution in [1.82, 2.24) is 9.55 Å². The maximum atomic E-state index is 13.1. The molecule has 2 heterocycles. The summed E-state index contributed by atoms with van der Waals surface area (Å²) in [6, 6.07) is 21.3. The Labute approximate surface area is 210 Å². The molecule has 1 amide bonds. The van der Waals surface area contributed by atoms with Gasteiger partial charge in [-0.25, -0.2) is 4.98 Å². The summed E-state index contributed by atoms with van der Waals surface area (Å²) in [5.74, 6) is 2.12. The third kappa shape index (κ3) is 4.66. The van der Waals surface area contributed by atoms with E-state index in [1.807, 2.05) is 78.2 Å². The average molecular weight is 486 g/mol. The number of aromatic nitrogens is 2. The van der Waals surface area contributed by atoms with Crippen LogP contribution in [0.1, 0.15) is 29.3 Å². The lowest BCUT2D eigenvalue weighted by Gasteiger charge is -2.20. The number of imidazole rings is 1. The summed E-state index contributed by atoms with van der Waals surface area (Å²) in [5, 5.41) is 10.9. The van der Waals surface area contributed by atoms with Crippen molar-refractivity contribution in [3.63, 3.8) is 0 Å². The van der Waals surface area contributed by atoms with Crippen LogP contribution in [0.15, 0.2) is 66.7 Å². The number of aliphatic hydroxyl groups excluding tert-OH is 1. The van der Waals surface area contributed by atoms with Gasteiger partial charge in [-0.15, -0.1) is 0 Å². The van der Waals surface area contributed by atoms with Gasteiger partial charge in [0, 0.05) is 18.9 Å². The van der Waals surface area contributed by atoms with Gasteiger partial charge in [0.1, 0.15) is 30.0 Å². The molecular formula is C29H31N3O4. The maximum Gasteiger partial charge on any atom is 0.227 e. The van der Waals surface area contributed by atoms with E-state index in [2.05, 4.69) is 6.92 Å². The van der Waals surface area contributed by atoms with Crippen molar-refractivity contribution >= 4 is 22.6 Å². The molecule has 0 aliphatic carbocycles. The Morgan fingerprint density at radius 3 is 2.64 bits per heavy atom. The van der Waals surface area contributed by atoms with Gasteiger partial charge < -0.3 is 24.0 Å². The van der Waals surface area contributed by atoms with Crippen LogP contribution in [0.2, 0.25) is 0 Å². The van der Waals surface area contributed by atoms with Crippen molar-refractivity contribution in [3.8, 4) is 11.5 Å². The van der Waals surface area contributed by atoms with Crippen molar-refractivity contribution in [3.05, 3.63) is 83.7 Å². The molecule has 5 rings (SSSR count). The molecule has 7 heteroatoms. The standard InChI is InChI=1S/C29H31N3O4/c1-19-12-13-23(14-20(19)2)36-18-22(33)17-32-25-9-5-4-8-24(25)30-29(32)21-15-28(34)31(16-21)26-10-6-7-11-27(26)35-3/h4-14,21-22,33H,15-18H2,1-3H3/t21-,22+/m0/s1. The zero-order valence-corrected chi connectivity index (χ0v) is 20.8. The molecule has 0 radical (unpaired) electrons. The van der Waals surface area contributed by atoms with Gasteiger partial charge in [0.05, 0.1) is 30.4 Å². The number of nitrogens with zero attached hydrogens (tertiary/aromatic N) is 3. The van der Waals surface area contributed by atoms with Crippen LogP contribution in [0.4, 0.5) is 5.69 Å². The van der Waals surface area contributed by atoms with Crippen LogP contribution >= 0.6 is 0 Å². The maximum absolute atomic E-state index is 13.1. The fourth-order valence-corrected chi connectivity index (χ4v) is 4.82. The molecule has 0 spiro atoms. The van der Waals surface area contributed by atoms with Crippen LogP contribution in [-0.2, 0) is 11.3 Å². The Kier molecular flexibility index (Phi) is 6.65. The second kappa shape index (κ2) is 10.0. The van der Waals surface area contributed by atoms with Gasteiger partial charge in [-0.2, -0.15) is 0 Å². The summed E-state index contributed by atoms with van der Waals surface area (Å²) in [6.45, 7) is 5.07. The quantitative estimate of drug-likeness (QED) is 0.394. The molecule has 2 atom stereocenters. The second-order valence-electron chi connectivity index (χ2n) is 9.36. The van der Waals surface area contributed by atoms with E-state index in [4.69, 9.17) is 14.5 Å². The first-order valence-electron chi connectivity index (χ1n) is 12.2. The first-order valence-corrected chi connectivity index (χ1v) is 12.2. The summed E-state index contributed by atoms with van der Waals surface area (Å²) in [4.78, 5) is 19.7. The fourth-order valence-electron chi connectivity index (χ4n) is 4.82. The molecule has 3 aromatic carbocycles. The predicted molar refractivity (Wildman–Crippen MR) is 140 cm³/mol. The number of amides is 1. The molecule has 1 aliphatic rings. The molecular weight excluding hydrogens is 454 g/mol. The Balaban J connectivity index is 1.38. The van der Waals surface area contributed by atoms with E-state index in [-0.39, 0.29) is 18.4 Å². The van der Waals surface area contributed by atoms with Crippen LogP contribution in [0, 0.1) is 13.8 Å². The fraction of sp³-hybridized carbons (Fsp3) is 0.310. The number of fused-ring (bicyclic) bond motifs is 1. The molecule has 1 aromatic heterocycles. The van der Waals surface area contributed by atoms with E-state index < -0.39 is 6.10 Å². The number of anilines is 1. The third-order valence-electron chi connectivity index (χ3n) is 6.86. The molecule has 0 unspecified atom stereocenters. The number of rotatable bonds is 8. The van der Waals surface area contributed by atoms with Crippen LogP contribution in [0.3, 0.4) is 0 Å². The zero-order valence-electron chi connectivity index (χ0n) is 20.8. The van der Waals surface area contributed by atoms with Gasteiger partial charge in [-0.05, 0) is 61.4 Å².